The first kappa shape index (κ1) is 13.1. The standard InChI is InChI=1S/C15H20N2S/c1-11-6-4-5-7-13(11)17(3)14(10-16)15-12(2)8-9-18-15/h4-9,14H,10,16H2,1-3H3. The number of anilines is 1. The molecule has 2 N–H and O–H groups in total. The molecular formula is C15H20N2S. The van der Waals surface area contributed by atoms with Gasteiger partial charge < -0.3 is 10.6 Å². The average Bonchev–Trinajstić information content (AvgIpc) is 2.77. The molecule has 0 spiro atoms. The van der Waals surface area contributed by atoms with Crippen LogP contribution in [0.15, 0.2) is 35.7 Å². The Bertz CT molecular complexity index is 519. The maximum absolute atomic E-state index is 5.99. The van der Waals surface area contributed by atoms with E-state index in [0.717, 1.165) is 0 Å². The Kier molecular flexibility index (Phi) is 4.04. The van der Waals surface area contributed by atoms with Crippen LogP contribution in [-0.2, 0) is 0 Å². The highest BCUT2D eigenvalue weighted by Gasteiger charge is 2.19. The minimum absolute atomic E-state index is 0.256. The maximum Gasteiger partial charge on any atom is 0.0756 e. The Hall–Kier alpha value is -1.32. The summed E-state index contributed by atoms with van der Waals surface area (Å²) in [7, 11) is 2.12. The molecule has 1 unspecified atom stereocenters. The van der Waals surface area contributed by atoms with E-state index in [2.05, 4.69) is 61.5 Å². The predicted molar refractivity (Wildman–Crippen MR) is 80.4 cm³/mol. The molecule has 1 aromatic carbocycles. The molecule has 96 valence electrons. The third kappa shape index (κ3) is 2.42. The zero-order chi connectivity index (χ0) is 13.1. The number of likely N-dealkylation sites (N-methyl/N-ethyl adjacent to an activating group) is 1. The molecule has 2 nitrogen and oxygen atoms in total. The van der Waals surface area contributed by atoms with Crippen LogP contribution < -0.4 is 10.6 Å². The first-order chi connectivity index (χ1) is 8.65. The smallest absolute Gasteiger partial charge is 0.0756 e. The van der Waals surface area contributed by atoms with Gasteiger partial charge in [0.15, 0.2) is 0 Å². The zero-order valence-electron chi connectivity index (χ0n) is 11.2. The van der Waals surface area contributed by atoms with Crippen molar-refractivity contribution in [3.63, 3.8) is 0 Å². The molecule has 0 saturated carbocycles. The molecule has 0 amide bonds. The van der Waals surface area contributed by atoms with Gasteiger partial charge in [-0.25, -0.2) is 0 Å². The number of rotatable bonds is 4. The SMILES string of the molecule is Cc1ccccc1N(C)C(CN)c1sccc1C. The molecule has 3 heteroatoms. The monoisotopic (exact) mass is 260 g/mol. The zero-order valence-corrected chi connectivity index (χ0v) is 12.0. The number of thiophene rings is 1. The molecular weight excluding hydrogens is 240 g/mol. The molecule has 0 aliphatic heterocycles. The van der Waals surface area contributed by atoms with Gasteiger partial charge in [-0.3, -0.25) is 0 Å². The number of nitrogens with zero attached hydrogens (tertiary/aromatic N) is 1. The first-order valence-electron chi connectivity index (χ1n) is 6.17. The molecule has 1 atom stereocenters. The lowest BCUT2D eigenvalue weighted by Crippen LogP contribution is -2.30. The summed E-state index contributed by atoms with van der Waals surface area (Å²) in [6, 6.07) is 10.9. The molecule has 0 radical (unpaired) electrons. The average molecular weight is 260 g/mol. The number of aryl methyl sites for hydroxylation is 2. The summed E-state index contributed by atoms with van der Waals surface area (Å²) >= 11 is 1.79. The van der Waals surface area contributed by atoms with Gasteiger partial charge in [-0.2, -0.15) is 0 Å². The number of hydrogen-bond donors (Lipinski definition) is 1. The van der Waals surface area contributed by atoms with Gasteiger partial charge in [-0.1, -0.05) is 18.2 Å². The molecule has 0 aliphatic carbocycles. The van der Waals surface area contributed by atoms with E-state index in [1.165, 1.54) is 21.7 Å². The van der Waals surface area contributed by atoms with Crippen LogP contribution in [-0.4, -0.2) is 13.6 Å². The van der Waals surface area contributed by atoms with Crippen LogP contribution in [0.25, 0.3) is 0 Å². The lowest BCUT2D eigenvalue weighted by molar-refractivity contribution is 0.687. The Labute approximate surface area is 113 Å². The van der Waals surface area contributed by atoms with Crippen molar-refractivity contribution in [2.75, 3.05) is 18.5 Å². The highest BCUT2D eigenvalue weighted by molar-refractivity contribution is 7.10. The van der Waals surface area contributed by atoms with E-state index in [9.17, 15) is 0 Å². The Morgan fingerprint density at radius 1 is 1.17 bits per heavy atom. The number of nitrogens with two attached hydrogens (primary N) is 1. The van der Waals surface area contributed by atoms with Crippen LogP contribution in [0.4, 0.5) is 5.69 Å². The Morgan fingerprint density at radius 2 is 1.89 bits per heavy atom. The fraction of sp³-hybridized carbons (Fsp3) is 0.333. The van der Waals surface area contributed by atoms with E-state index in [1.807, 2.05) is 0 Å². The van der Waals surface area contributed by atoms with E-state index in [4.69, 9.17) is 5.73 Å². The van der Waals surface area contributed by atoms with Crippen molar-refractivity contribution in [3.05, 3.63) is 51.7 Å². The molecule has 1 aromatic heterocycles. The molecule has 0 fully saturated rings. The number of hydrogen-bond acceptors (Lipinski definition) is 3. The minimum Gasteiger partial charge on any atom is -0.365 e. The summed E-state index contributed by atoms with van der Waals surface area (Å²) in [5.74, 6) is 0. The Morgan fingerprint density at radius 3 is 2.44 bits per heavy atom. The minimum atomic E-state index is 0.256. The van der Waals surface area contributed by atoms with Gasteiger partial charge in [0.05, 0.1) is 6.04 Å². The van der Waals surface area contributed by atoms with Crippen molar-refractivity contribution in [2.45, 2.75) is 19.9 Å². The number of benzene rings is 1. The maximum atomic E-state index is 5.99. The molecule has 0 saturated heterocycles. The summed E-state index contributed by atoms with van der Waals surface area (Å²) in [6.45, 7) is 4.92. The van der Waals surface area contributed by atoms with Crippen molar-refractivity contribution in [2.24, 2.45) is 5.73 Å². The molecule has 2 rings (SSSR count). The molecule has 18 heavy (non-hydrogen) atoms. The van der Waals surface area contributed by atoms with E-state index in [1.54, 1.807) is 11.3 Å². The lowest BCUT2D eigenvalue weighted by atomic mass is 10.1. The van der Waals surface area contributed by atoms with Crippen LogP contribution in [0, 0.1) is 13.8 Å². The largest absolute Gasteiger partial charge is 0.365 e. The molecule has 0 bridgehead atoms. The van der Waals surface area contributed by atoms with E-state index < -0.39 is 0 Å². The summed E-state index contributed by atoms with van der Waals surface area (Å²) in [4.78, 5) is 3.65. The first-order valence-corrected chi connectivity index (χ1v) is 7.05. The van der Waals surface area contributed by atoms with Crippen LogP contribution >= 0.6 is 11.3 Å². The fourth-order valence-electron chi connectivity index (χ4n) is 2.29. The van der Waals surface area contributed by atoms with Gasteiger partial charge in [-0.05, 0) is 42.5 Å². The van der Waals surface area contributed by atoms with E-state index in [-0.39, 0.29) is 6.04 Å². The second-order valence-electron chi connectivity index (χ2n) is 4.62. The summed E-state index contributed by atoms with van der Waals surface area (Å²) in [6.07, 6.45) is 0. The second-order valence-corrected chi connectivity index (χ2v) is 5.56. The quantitative estimate of drug-likeness (QED) is 0.911. The van der Waals surface area contributed by atoms with Gasteiger partial charge in [0, 0.05) is 24.2 Å². The fourth-order valence-corrected chi connectivity index (χ4v) is 3.38. The third-order valence-electron chi connectivity index (χ3n) is 3.39. The van der Waals surface area contributed by atoms with E-state index in [0.29, 0.717) is 6.54 Å². The van der Waals surface area contributed by atoms with Crippen molar-refractivity contribution in [3.8, 4) is 0 Å². The number of para-hydroxylation sites is 1. The molecule has 2 aromatic rings. The van der Waals surface area contributed by atoms with Crippen molar-refractivity contribution >= 4 is 17.0 Å². The summed E-state index contributed by atoms with van der Waals surface area (Å²) in [5.41, 5.74) is 9.85. The van der Waals surface area contributed by atoms with Crippen LogP contribution in [0.2, 0.25) is 0 Å². The van der Waals surface area contributed by atoms with Crippen LogP contribution in [0.5, 0.6) is 0 Å². The van der Waals surface area contributed by atoms with Crippen molar-refractivity contribution in [1.82, 2.24) is 0 Å². The van der Waals surface area contributed by atoms with Crippen LogP contribution in [0.3, 0.4) is 0 Å². The predicted octanol–water partition coefficient (Wildman–Crippen LogP) is 3.50. The van der Waals surface area contributed by atoms with Gasteiger partial charge >= 0.3 is 0 Å². The lowest BCUT2D eigenvalue weighted by Gasteiger charge is -2.30. The normalized spacial score (nSPS) is 12.4. The second kappa shape index (κ2) is 5.55. The van der Waals surface area contributed by atoms with Gasteiger partial charge in [0.25, 0.3) is 0 Å². The van der Waals surface area contributed by atoms with Crippen LogP contribution in [0.1, 0.15) is 22.0 Å². The molecule has 1 heterocycles. The van der Waals surface area contributed by atoms with E-state index >= 15 is 0 Å². The van der Waals surface area contributed by atoms with Gasteiger partial charge in [-0.15, -0.1) is 11.3 Å². The topological polar surface area (TPSA) is 29.3 Å². The third-order valence-corrected chi connectivity index (χ3v) is 4.51. The van der Waals surface area contributed by atoms with Crippen molar-refractivity contribution < 1.29 is 0 Å². The Balaban J connectivity index is 2.35. The molecule has 0 aliphatic rings. The highest BCUT2D eigenvalue weighted by atomic mass is 32.1. The van der Waals surface area contributed by atoms with Gasteiger partial charge in [0.1, 0.15) is 0 Å². The van der Waals surface area contributed by atoms with Crippen molar-refractivity contribution in [1.29, 1.82) is 0 Å². The summed E-state index contributed by atoms with van der Waals surface area (Å²) < 4.78 is 0. The van der Waals surface area contributed by atoms with Gasteiger partial charge in [0.2, 0.25) is 0 Å². The highest BCUT2D eigenvalue weighted by Crippen LogP contribution is 2.31. The summed E-state index contributed by atoms with van der Waals surface area (Å²) in [5, 5.41) is 2.14.